The number of hydrogen-bond acceptors (Lipinski definition) is 3. The number of benzene rings is 4. The second-order valence-electron chi connectivity index (χ2n) is 9.51. The van der Waals surface area contributed by atoms with Crippen molar-refractivity contribution in [1.29, 1.82) is 0 Å². The summed E-state index contributed by atoms with van der Waals surface area (Å²) in [4.78, 5) is 10.1. The molecule has 2 aromatic heterocycles. The number of aromatic nitrogens is 3. The molecule has 3 heterocycles. The Morgan fingerprint density at radius 2 is 1.30 bits per heavy atom. The molecular formula is C33H25N3S. The normalized spacial score (nSPS) is 14.7. The van der Waals surface area contributed by atoms with Crippen LogP contribution >= 0.6 is 11.8 Å². The van der Waals surface area contributed by atoms with Crippen molar-refractivity contribution in [2.45, 2.75) is 23.6 Å². The lowest BCUT2D eigenvalue weighted by Gasteiger charge is -2.13. The van der Waals surface area contributed by atoms with E-state index in [2.05, 4.69) is 115 Å². The van der Waals surface area contributed by atoms with Crippen molar-refractivity contribution in [3.63, 3.8) is 0 Å². The molecule has 0 amide bonds. The van der Waals surface area contributed by atoms with Crippen LogP contribution in [0, 0.1) is 0 Å². The fourth-order valence-corrected chi connectivity index (χ4v) is 6.53. The number of nitrogens with zero attached hydrogens (tertiary/aromatic N) is 3. The predicted octanol–water partition coefficient (Wildman–Crippen LogP) is 8.46. The summed E-state index contributed by atoms with van der Waals surface area (Å²) < 4.78 is 2.42. The van der Waals surface area contributed by atoms with E-state index in [1.54, 1.807) is 0 Å². The maximum atomic E-state index is 5.04. The van der Waals surface area contributed by atoms with E-state index in [4.69, 9.17) is 9.97 Å². The monoisotopic (exact) mass is 495 g/mol. The second kappa shape index (κ2) is 9.06. The molecule has 3 nitrogen and oxygen atoms in total. The quantitative estimate of drug-likeness (QED) is 0.246. The standard InChI is InChI=1S/C33H25N3S/c1-22-19-28-27-17-8-9-18-31(27)36(33(28)37-22)26-16-10-15-25(20-26)32-34-29(23-11-4-2-5-12-23)21-30(35-32)24-13-6-3-7-14-24/h2-18,20-22H,19H2,1H3. The van der Waals surface area contributed by atoms with Crippen LogP contribution in [0.4, 0.5) is 0 Å². The van der Waals surface area contributed by atoms with Crippen LogP contribution in [0.2, 0.25) is 0 Å². The van der Waals surface area contributed by atoms with Gasteiger partial charge in [-0.3, -0.25) is 0 Å². The van der Waals surface area contributed by atoms with Crippen molar-refractivity contribution >= 4 is 22.7 Å². The molecule has 0 spiro atoms. The highest BCUT2D eigenvalue weighted by atomic mass is 32.2. The highest BCUT2D eigenvalue weighted by Crippen LogP contribution is 2.44. The zero-order valence-electron chi connectivity index (χ0n) is 20.5. The lowest BCUT2D eigenvalue weighted by Crippen LogP contribution is -1.99. The lowest BCUT2D eigenvalue weighted by molar-refractivity contribution is 0.940. The third kappa shape index (κ3) is 3.94. The summed E-state index contributed by atoms with van der Waals surface area (Å²) in [6.07, 6.45) is 1.11. The summed E-state index contributed by atoms with van der Waals surface area (Å²) in [7, 11) is 0. The van der Waals surface area contributed by atoms with E-state index in [0.29, 0.717) is 5.25 Å². The van der Waals surface area contributed by atoms with E-state index >= 15 is 0 Å². The Bertz CT molecular complexity index is 1680. The molecular weight excluding hydrogens is 470 g/mol. The molecule has 0 bridgehead atoms. The Morgan fingerprint density at radius 3 is 2.00 bits per heavy atom. The minimum Gasteiger partial charge on any atom is -0.304 e. The van der Waals surface area contributed by atoms with E-state index in [0.717, 1.165) is 46.0 Å². The fourth-order valence-electron chi connectivity index (χ4n) is 5.25. The van der Waals surface area contributed by atoms with Gasteiger partial charge >= 0.3 is 0 Å². The molecule has 0 saturated carbocycles. The molecule has 1 atom stereocenters. The molecule has 0 fully saturated rings. The molecule has 6 aromatic rings. The molecule has 1 aliphatic rings. The van der Waals surface area contributed by atoms with Crippen molar-refractivity contribution in [2.24, 2.45) is 0 Å². The number of fused-ring (bicyclic) bond motifs is 3. The maximum Gasteiger partial charge on any atom is 0.160 e. The van der Waals surface area contributed by atoms with E-state index in [1.807, 2.05) is 23.9 Å². The van der Waals surface area contributed by atoms with Gasteiger partial charge in [-0.2, -0.15) is 0 Å². The maximum absolute atomic E-state index is 5.04. The molecule has 0 radical (unpaired) electrons. The van der Waals surface area contributed by atoms with Crippen molar-refractivity contribution < 1.29 is 0 Å². The average Bonchev–Trinajstić information content (AvgIpc) is 3.48. The highest BCUT2D eigenvalue weighted by Gasteiger charge is 2.27. The minimum absolute atomic E-state index is 0.586. The first kappa shape index (κ1) is 22.1. The third-order valence-corrected chi connectivity index (χ3v) is 8.18. The van der Waals surface area contributed by atoms with Gasteiger partial charge in [-0.1, -0.05) is 97.9 Å². The summed E-state index contributed by atoms with van der Waals surface area (Å²) in [5, 5.41) is 3.30. The van der Waals surface area contributed by atoms with Gasteiger partial charge in [-0.05, 0) is 36.2 Å². The molecule has 37 heavy (non-hydrogen) atoms. The Hall–Kier alpha value is -4.15. The van der Waals surface area contributed by atoms with E-state index in [-0.39, 0.29) is 0 Å². The zero-order chi connectivity index (χ0) is 24.8. The van der Waals surface area contributed by atoms with Crippen LogP contribution in [0.1, 0.15) is 12.5 Å². The summed E-state index contributed by atoms with van der Waals surface area (Å²) in [6, 6.07) is 40.2. The number of thioether (sulfide) groups is 1. The number of rotatable bonds is 4. The zero-order valence-corrected chi connectivity index (χ0v) is 21.3. The fraction of sp³-hybridized carbons (Fsp3) is 0.0909. The first-order valence-electron chi connectivity index (χ1n) is 12.6. The Labute approximate surface area is 220 Å². The van der Waals surface area contributed by atoms with Crippen LogP contribution in [0.25, 0.3) is 50.5 Å². The Balaban J connectivity index is 1.41. The highest BCUT2D eigenvalue weighted by molar-refractivity contribution is 8.00. The summed E-state index contributed by atoms with van der Waals surface area (Å²) in [6.45, 7) is 2.31. The smallest absolute Gasteiger partial charge is 0.160 e. The van der Waals surface area contributed by atoms with Gasteiger partial charge in [0.15, 0.2) is 5.82 Å². The van der Waals surface area contributed by atoms with Gasteiger partial charge in [-0.25, -0.2) is 9.97 Å². The largest absolute Gasteiger partial charge is 0.304 e. The van der Waals surface area contributed by atoms with Crippen LogP contribution in [0.3, 0.4) is 0 Å². The predicted molar refractivity (Wildman–Crippen MR) is 154 cm³/mol. The molecule has 178 valence electrons. The van der Waals surface area contributed by atoms with E-state index in [1.165, 1.54) is 21.5 Å². The average molecular weight is 496 g/mol. The van der Waals surface area contributed by atoms with Crippen molar-refractivity contribution in [3.05, 3.63) is 121 Å². The summed E-state index contributed by atoms with van der Waals surface area (Å²) in [5.41, 5.74) is 8.89. The second-order valence-corrected chi connectivity index (χ2v) is 10.9. The molecule has 4 heteroatoms. The van der Waals surface area contributed by atoms with Crippen molar-refractivity contribution in [1.82, 2.24) is 14.5 Å². The van der Waals surface area contributed by atoms with Crippen LogP contribution in [-0.4, -0.2) is 19.8 Å². The Morgan fingerprint density at radius 1 is 0.676 bits per heavy atom. The molecule has 7 rings (SSSR count). The van der Waals surface area contributed by atoms with Gasteiger partial charge < -0.3 is 4.57 Å². The minimum atomic E-state index is 0.586. The van der Waals surface area contributed by atoms with Crippen LogP contribution in [0.15, 0.2) is 120 Å². The van der Waals surface area contributed by atoms with Gasteiger partial charge in [0, 0.05) is 33.0 Å². The first-order valence-corrected chi connectivity index (χ1v) is 13.5. The number of hydrogen-bond donors (Lipinski definition) is 0. The van der Waals surface area contributed by atoms with Crippen LogP contribution in [-0.2, 0) is 6.42 Å². The molecule has 0 N–H and O–H groups in total. The van der Waals surface area contributed by atoms with E-state index < -0.39 is 0 Å². The molecule has 0 saturated heterocycles. The SMILES string of the molecule is CC1Cc2c(n(-c3cccc(-c4nc(-c5ccccc5)cc(-c5ccccc5)n4)c3)c3ccccc23)S1. The molecule has 0 aliphatic carbocycles. The van der Waals surface area contributed by atoms with Crippen molar-refractivity contribution in [3.8, 4) is 39.6 Å². The van der Waals surface area contributed by atoms with Crippen molar-refractivity contribution in [2.75, 3.05) is 0 Å². The van der Waals surface area contributed by atoms with Gasteiger partial charge in [-0.15, -0.1) is 11.8 Å². The van der Waals surface area contributed by atoms with Crippen LogP contribution in [0.5, 0.6) is 0 Å². The van der Waals surface area contributed by atoms with E-state index in [9.17, 15) is 0 Å². The van der Waals surface area contributed by atoms with Gasteiger partial charge in [0.05, 0.1) is 21.9 Å². The van der Waals surface area contributed by atoms with Crippen LogP contribution < -0.4 is 0 Å². The summed E-state index contributed by atoms with van der Waals surface area (Å²) >= 11 is 1.97. The Kier molecular flexibility index (Phi) is 5.40. The third-order valence-electron chi connectivity index (χ3n) is 6.96. The summed E-state index contributed by atoms with van der Waals surface area (Å²) in [5.74, 6) is 0.733. The lowest BCUT2D eigenvalue weighted by atomic mass is 10.1. The topological polar surface area (TPSA) is 30.7 Å². The van der Waals surface area contributed by atoms with Gasteiger partial charge in [0.2, 0.25) is 0 Å². The molecule has 1 unspecified atom stereocenters. The number of para-hydroxylation sites is 1. The molecule has 4 aromatic carbocycles. The molecule has 1 aliphatic heterocycles. The first-order chi connectivity index (χ1) is 18.2. The van der Waals surface area contributed by atoms with Gasteiger partial charge in [0.25, 0.3) is 0 Å². The van der Waals surface area contributed by atoms with Gasteiger partial charge in [0.1, 0.15) is 0 Å².